The summed E-state index contributed by atoms with van der Waals surface area (Å²) in [7, 11) is 0. The standard InChI is InChI=1S/C34H31N3O4/c38-20-18-35(19-21-39)34(41)32-17-16-28-23-37(31-11-4-2-7-27(31)22-36(28)32)33(40)26-14-12-25(13-15-26)30-10-5-8-24-6-1-3-9-29(24)30/h1-17,38-39H,18-23H2. The number of para-hydroxylation sites is 1. The molecule has 6 rings (SSSR count). The number of hydrogen-bond donors (Lipinski definition) is 2. The highest BCUT2D eigenvalue weighted by Gasteiger charge is 2.28. The first kappa shape index (κ1) is 26.5. The van der Waals surface area contributed by atoms with E-state index in [2.05, 4.69) is 24.3 Å². The van der Waals surface area contributed by atoms with Crippen molar-refractivity contribution in [2.24, 2.45) is 0 Å². The Hall–Kier alpha value is -4.72. The van der Waals surface area contributed by atoms with Gasteiger partial charge in [0.25, 0.3) is 11.8 Å². The monoisotopic (exact) mass is 545 g/mol. The molecule has 0 fully saturated rings. The molecule has 0 saturated carbocycles. The van der Waals surface area contributed by atoms with Crippen molar-refractivity contribution in [2.45, 2.75) is 13.1 Å². The summed E-state index contributed by atoms with van der Waals surface area (Å²) in [5, 5.41) is 21.2. The average molecular weight is 546 g/mol. The molecule has 5 aromatic rings. The van der Waals surface area contributed by atoms with Crippen molar-refractivity contribution in [3.8, 4) is 11.1 Å². The van der Waals surface area contributed by atoms with E-state index >= 15 is 0 Å². The van der Waals surface area contributed by atoms with E-state index in [0.717, 1.165) is 33.5 Å². The molecule has 7 heteroatoms. The Balaban J connectivity index is 1.33. The van der Waals surface area contributed by atoms with Gasteiger partial charge < -0.3 is 24.6 Å². The van der Waals surface area contributed by atoms with E-state index in [0.29, 0.717) is 24.3 Å². The Labute approximate surface area is 238 Å². The second-order valence-corrected chi connectivity index (χ2v) is 10.2. The highest BCUT2D eigenvalue weighted by Crippen LogP contribution is 2.32. The maximum Gasteiger partial charge on any atom is 0.270 e. The molecule has 2 N–H and O–H groups in total. The number of amides is 2. The first-order chi connectivity index (χ1) is 20.1. The summed E-state index contributed by atoms with van der Waals surface area (Å²) in [4.78, 5) is 30.6. The first-order valence-corrected chi connectivity index (χ1v) is 13.8. The van der Waals surface area contributed by atoms with Crippen LogP contribution in [0.5, 0.6) is 0 Å². The Morgan fingerprint density at radius 2 is 1.44 bits per heavy atom. The second-order valence-electron chi connectivity index (χ2n) is 10.2. The minimum Gasteiger partial charge on any atom is -0.395 e. The number of hydrogen-bond acceptors (Lipinski definition) is 4. The van der Waals surface area contributed by atoms with Crippen LogP contribution in [0.15, 0.2) is 103 Å². The molecule has 0 atom stereocenters. The van der Waals surface area contributed by atoms with Crippen LogP contribution in [-0.2, 0) is 13.1 Å². The van der Waals surface area contributed by atoms with Gasteiger partial charge in [-0.2, -0.15) is 0 Å². The van der Waals surface area contributed by atoms with Crippen molar-refractivity contribution in [2.75, 3.05) is 31.2 Å². The number of carbonyl (C=O) groups is 2. The van der Waals surface area contributed by atoms with Gasteiger partial charge in [-0.3, -0.25) is 9.59 Å². The molecule has 0 unspecified atom stereocenters. The fraction of sp³-hybridized carbons (Fsp3) is 0.176. The molecule has 0 radical (unpaired) electrons. The molecule has 7 nitrogen and oxygen atoms in total. The van der Waals surface area contributed by atoms with E-state index in [-0.39, 0.29) is 38.1 Å². The maximum atomic E-state index is 14.0. The lowest BCUT2D eigenvalue weighted by Crippen LogP contribution is -2.37. The van der Waals surface area contributed by atoms with Crippen LogP contribution in [0.2, 0.25) is 0 Å². The third-order valence-corrected chi connectivity index (χ3v) is 7.73. The van der Waals surface area contributed by atoms with Crippen molar-refractivity contribution in [3.63, 3.8) is 0 Å². The molecule has 1 aromatic heterocycles. The molecular formula is C34H31N3O4. The van der Waals surface area contributed by atoms with Crippen molar-refractivity contribution in [1.29, 1.82) is 0 Å². The van der Waals surface area contributed by atoms with Crippen LogP contribution >= 0.6 is 0 Å². The summed E-state index contributed by atoms with van der Waals surface area (Å²) in [5.41, 5.74) is 5.77. The molecule has 41 heavy (non-hydrogen) atoms. The van der Waals surface area contributed by atoms with E-state index in [9.17, 15) is 19.8 Å². The number of aliphatic hydroxyl groups is 2. The van der Waals surface area contributed by atoms with Gasteiger partial charge in [0, 0.05) is 30.0 Å². The summed E-state index contributed by atoms with van der Waals surface area (Å²) >= 11 is 0. The zero-order valence-corrected chi connectivity index (χ0v) is 22.6. The van der Waals surface area contributed by atoms with E-state index in [1.54, 1.807) is 11.0 Å². The van der Waals surface area contributed by atoms with Gasteiger partial charge in [0.05, 0.1) is 26.3 Å². The van der Waals surface area contributed by atoms with Crippen LogP contribution in [0, 0.1) is 0 Å². The Kier molecular flexibility index (Phi) is 7.37. The molecule has 2 heterocycles. The van der Waals surface area contributed by atoms with Gasteiger partial charge in [-0.15, -0.1) is 0 Å². The number of fused-ring (bicyclic) bond motifs is 3. The van der Waals surface area contributed by atoms with Crippen LogP contribution in [0.3, 0.4) is 0 Å². The highest BCUT2D eigenvalue weighted by atomic mass is 16.3. The SMILES string of the molecule is O=C(c1ccc2n1Cc1ccccc1N(C(=O)c1ccc(-c3cccc4ccccc34)cc1)C2)N(CCO)CCO. The van der Waals surface area contributed by atoms with Gasteiger partial charge in [-0.1, -0.05) is 72.8 Å². The number of aromatic nitrogens is 1. The van der Waals surface area contributed by atoms with Gasteiger partial charge >= 0.3 is 0 Å². The lowest BCUT2D eigenvalue weighted by atomic mass is 9.97. The zero-order valence-electron chi connectivity index (χ0n) is 22.6. The van der Waals surface area contributed by atoms with Crippen LogP contribution < -0.4 is 4.90 Å². The van der Waals surface area contributed by atoms with Crippen LogP contribution in [0.1, 0.15) is 32.1 Å². The smallest absolute Gasteiger partial charge is 0.270 e. The van der Waals surface area contributed by atoms with Gasteiger partial charge in [0.15, 0.2) is 0 Å². The molecule has 2 amide bonds. The lowest BCUT2D eigenvalue weighted by molar-refractivity contribution is 0.0674. The molecule has 206 valence electrons. The van der Waals surface area contributed by atoms with Crippen molar-refractivity contribution < 1.29 is 19.8 Å². The molecule has 0 saturated heterocycles. The average Bonchev–Trinajstić information content (AvgIpc) is 3.33. The lowest BCUT2D eigenvalue weighted by Gasteiger charge is -2.23. The minimum absolute atomic E-state index is 0.119. The fourth-order valence-electron chi connectivity index (χ4n) is 5.67. The van der Waals surface area contributed by atoms with Gasteiger partial charge in [-0.25, -0.2) is 0 Å². The number of carbonyl (C=O) groups excluding carboxylic acids is 2. The second kappa shape index (κ2) is 11.4. The molecule has 1 aliphatic heterocycles. The maximum absolute atomic E-state index is 14.0. The van der Waals surface area contributed by atoms with E-state index in [1.165, 1.54) is 10.3 Å². The molecule has 1 aliphatic rings. The zero-order chi connectivity index (χ0) is 28.3. The summed E-state index contributed by atoms with van der Waals surface area (Å²) in [5.74, 6) is -0.382. The third kappa shape index (κ3) is 5.01. The van der Waals surface area contributed by atoms with E-state index < -0.39 is 0 Å². The van der Waals surface area contributed by atoms with E-state index in [4.69, 9.17) is 0 Å². The number of anilines is 1. The number of aliphatic hydroxyl groups excluding tert-OH is 2. The third-order valence-electron chi connectivity index (χ3n) is 7.73. The van der Waals surface area contributed by atoms with Crippen molar-refractivity contribution in [3.05, 3.63) is 126 Å². The first-order valence-electron chi connectivity index (χ1n) is 13.8. The van der Waals surface area contributed by atoms with Gasteiger partial charge in [0.2, 0.25) is 0 Å². The highest BCUT2D eigenvalue weighted by molar-refractivity contribution is 6.07. The van der Waals surface area contributed by atoms with E-state index in [1.807, 2.05) is 77.4 Å². The predicted molar refractivity (Wildman–Crippen MR) is 160 cm³/mol. The predicted octanol–water partition coefficient (Wildman–Crippen LogP) is 4.94. The summed E-state index contributed by atoms with van der Waals surface area (Å²) in [6, 6.07) is 33.7. The van der Waals surface area contributed by atoms with Gasteiger partial charge in [-0.05, 0) is 57.8 Å². The number of nitrogens with zero attached hydrogens (tertiary/aromatic N) is 3. The van der Waals surface area contributed by atoms with Crippen LogP contribution in [0.4, 0.5) is 5.69 Å². The molecule has 0 aliphatic carbocycles. The number of rotatable bonds is 7. The molecule has 4 aromatic carbocycles. The number of benzene rings is 4. The van der Waals surface area contributed by atoms with Gasteiger partial charge in [0.1, 0.15) is 5.69 Å². The fourth-order valence-corrected chi connectivity index (χ4v) is 5.67. The molecule has 0 bridgehead atoms. The van der Waals surface area contributed by atoms with Crippen LogP contribution in [-0.4, -0.2) is 57.8 Å². The Morgan fingerprint density at radius 3 is 2.22 bits per heavy atom. The van der Waals surface area contributed by atoms with Crippen molar-refractivity contribution in [1.82, 2.24) is 9.47 Å². The summed E-state index contributed by atoms with van der Waals surface area (Å²) in [6.07, 6.45) is 0. The molecule has 0 spiro atoms. The molecular weight excluding hydrogens is 514 g/mol. The quantitative estimate of drug-likeness (QED) is 0.303. The van der Waals surface area contributed by atoms with Crippen LogP contribution in [0.25, 0.3) is 21.9 Å². The minimum atomic E-state index is -0.263. The summed E-state index contributed by atoms with van der Waals surface area (Å²) in [6.45, 7) is 0.614. The Bertz CT molecular complexity index is 1710. The topological polar surface area (TPSA) is 86.0 Å². The summed E-state index contributed by atoms with van der Waals surface area (Å²) < 4.78 is 1.93. The van der Waals surface area contributed by atoms with Crippen molar-refractivity contribution >= 4 is 28.3 Å². The Morgan fingerprint density at radius 1 is 0.732 bits per heavy atom. The largest absolute Gasteiger partial charge is 0.395 e. The normalized spacial score (nSPS) is 12.5.